The Hall–Kier alpha value is -2.90. The molecule has 1 aromatic carbocycles. The van der Waals surface area contributed by atoms with Crippen LogP contribution in [0.4, 0.5) is 5.95 Å². The maximum atomic E-state index is 13.1. The molecule has 0 radical (unpaired) electrons. The van der Waals surface area contributed by atoms with Crippen LogP contribution in [0, 0.1) is 5.41 Å². The summed E-state index contributed by atoms with van der Waals surface area (Å²) in [5.41, 5.74) is 2.43. The minimum atomic E-state index is -0.390. The van der Waals surface area contributed by atoms with Crippen molar-refractivity contribution in [2.45, 2.75) is 53.0 Å². The maximum Gasteiger partial charge on any atom is 0.248 e. The lowest BCUT2D eigenvalue weighted by molar-refractivity contribution is -0.118. The second-order valence-corrected chi connectivity index (χ2v) is 8.30. The Morgan fingerprint density at radius 3 is 2.79 bits per heavy atom. The number of anilines is 1. The van der Waals surface area contributed by atoms with Gasteiger partial charge >= 0.3 is 0 Å². The second-order valence-electron chi connectivity index (χ2n) is 8.30. The van der Waals surface area contributed by atoms with Crippen LogP contribution in [0.15, 0.2) is 29.5 Å². The van der Waals surface area contributed by atoms with Crippen molar-refractivity contribution in [1.82, 2.24) is 20.2 Å². The number of Topliss-reactive ketones (excluding diaryl/α,β-unsaturated/α-hetero) is 1. The molecule has 0 saturated heterocycles. The quantitative estimate of drug-likeness (QED) is 0.797. The van der Waals surface area contributed by atoms with Crippen molar-refractivity contribution >= 4 is 11.7 Å². The Morgan fingerprint density at radius 2 is 2.03 bits per heavy atom. The van der Waals surface area contributed by atoms with Crippen LogP contribution in [0.1, 0.15) is 58.6 Å². The molecule has 1 N–H and O–H groups in total. The third-order valence-corrected chi connectivity index (χ3v) is 5.24. The Morgan fingerprint density at radius 1 is 1.21 bits per heavy atom. The van der Waals surface area contributed by atoms with Gasteiger partial charge < -0.3 is 14.8 Å². The smallest absolute Gasteiger partial charge is 0.248 e. The van der Waals surface area contributed by atoms with Gasteiger partial charge in [-0.25, -0.2) is 0 Å². The summed E-state index contributed by atoms with van der Waals surface area (Å²) in [7, 11) is 0. The third kappa shape index (κ3) is 3.59. The van der Waals surface area contributed by atoms with Gasteiger partial charge in [0, 0.05) is 17.7 Å². The number of hydrogen-bond donors (Lipinski definition) is 1. The lowest BCUT2D eigenvalue weighted by Crippen LogP contribution is -2.36. The van der Waals surface area contributed by atoms with E-state index in [2.05, 4.69) is 41.6 Å². The van der Waals surface area contributed by atoms with Crippen LogP contribution in [-0.4, -0.2) is 39.2 Å². The molecule has 29 heavy (non-hydrogen) atoms. The summed E-state index contributed by atoms with van der Waals surface area (Å²) in [4.78, 5) is 13.1. The molecule has 1 aromatic heterocycles. The fourth-order valence-electron chi connectivity index (χ4n) is 4.07. The van der Waals surface area contributed by atoms with Crippen LogP contribution in [0.3, 0.4) is 0 Å². The molecule has 4 rings (SSSR count). The molecule has 8 nitrogen and oxygen atoms in total. The molecule has 0 fully saturated rings. The summed E-state index contributed by atoms with van der Waals surface area (Å²) >= 11 is 0. The predicted octanol–water partition coefficient (Wildman–Crippen LogP) is 3.52. The number of nitrogens with one attached hydrogen (secondary N) is 1. The normalized spacial score (nSPS) is 20.0. The molecule has 2 heterocycles. The van der Waals surface area contributed by atoms with E-state index in [1.165, 1.54) is 0 Å². The van der Waals surface area contributed by atoms with Crippen LogP contribution >= 0.6 is 0 Å². The van der Waals surface area contributed by atoms with E-state index < -0.39 is 0 Å². The van der Waals surface area contributed by atoms with E-state index >= 15 is 0 Å². The summed E-state index contributed by atoms with van der Waals surface area (Å²) in [5, 5.41) is 15.4. The van der Waals surface area contributed by atoms with E-state index in [9.17, 15) is 4.79 Å². The number of hydrogen-bond acceptors (Lipinski definition) is 7. The highest BCUT2D eigenvalue weighted by Crippen LogP contribution is 2.46. The van der Waals surface area contributed by atoms with E-state index in [1.807, 2.05) is 25.1 Å². The van der Waals surface area contributed by atoms with Crippen LogP contribution < -0.4 is 14.8 Å². The lowest BCUT2D eigenvalue weighted by atomic mass is 9.73. The molecule has 1 aliphatic heterocycles. The lowest BCUT2D eigenvalue weighted by Gasteiger charge is -2.37. The number of aromatic nitrogens is 4. The highest BCUT2D eigenvalue weighted by Gasteiger charge is 2.42. The van der Waals surface area contributed by atoms with Gasteiger partial charge in [-0.1, -0.05) is 31.9 Å². The molecule has 0 spiro atoms. The number of benzene rings is 1. The molecule has 8 heteroatoms. The van der Waals surface area contributed by atoms with Gasteiger partial charge in [-0.05, 0) is 53.3 Å². The van der Waals surface area contributed by atoms with Gasteiger partial charge in [-0.3, -0.25) is 4.79 Å². The van der Waals surface area contributed by atoms with E-state index in [4.69, 9.17) is 9.47 Å². The Kier molecular flexibility index (Phi) is 5.02. The van der Waals surface area contributed by atoms with Crippen LogP contribution in [0.2, 0.25) is 0 Å². The van der Waals surface area contributed by atoms with E-state index in [0.717, 1.165) is 29.7 Å². The summed E-state index contributed by atoms with van der Waals surface area (Å²) in [6.07, 6.45) is 2.18. The minimum absolute atomic E-state index is 0.0998. The van der Waals surface area contributed by atoms with Crippen molar-refractivity contribution < 1.29 is 14.3 Å². The van der Waals surface area contributed by atoms with E-state index in [1.54, 1.807) is 4.68 Å². The molecular formula is C21H27N5O3. The number of carbonyl (C=O) groups excluding carboxylic acids is 1. The van der Waals surface area contributed by atoms with Gasteiger partial charge in [-0.15, -0.1) is 0 Å². The maximum absolute atomic E-state index is 13.1. The molecular weight excluding hydrogens is 370 g/mol. The van der Waals surface area contributed by atoms with Gasteiger partial charge in [-0.2, -0.15) is 4.68 Å². The van der Waals surface area contributed by atoms with Crippen molar-refractivity contribution in [1.29, 1.82) is 0 Å². The standard InChI is InChI=1S/C21H27N5O3/c1-5-9-29-16-8-7-13(10-17(16)28-6-2)19-18-14(11-21(3,4)12-15(18)27)22-20-23-24-25-26(19)20/h7-8,10,19H,5-6,9,11-12H2,1-4H3,(H,22,23,25). The van der Waals surface area contributed by atoms with Gasteiger partial charge in [0.1, 0.15) is 6.04 Å². The first kappa shape index (κ1) is 19.4. The molecule has 154 valence electrons. The number of rotatable bonds is 6. The topological polar surface area (TPSA) is 91.2 Å². The largest absolute Gasteiger partial charge is 0.490 e. The van der Waals surface area contributed by atoms with Crippen LogP contribution in [0.5, 0.6) is 11.5 Å². The molecule has 0 saturated carbocycles. The molecule has 0 bridgehead atoms. The summed E-state index contributed by atoms with van der Waals surface area (Å²) in [6, 6.07) is 5.42. The Bertz CT molecular complexity index is 963. The summed E-state index contributed by atoms with van der Waals surface area (Å²) in [6.45, 7) is 9.36. The second kappa shape index (κ2) is 7.50. The average Bonchev–Trinajstić information content (AvgIpc) is 3.12. The van der Waals surface area contributed by atoms with Crippen molar-refractivity contribution in [3.63, 3.8) is 0 Å². The molecule has 1 aliphatic carbocycles. The van der Waals surface area contributed by atoms with Gasteiger partial charge in [0.25, 0.3) is 0 Å². The molecule has 0 amide bonds. The number of allylic oxidation sites excluding steroid dienone is 2. The summed E-state index contributed by atoms with van der Waals surface area (Å²) < 4.78 is 13.3. The fraction of sp³-hybridized carbons (Fsp3) is 0.524. The fourth-order valence-corrected chi connectivity index (χ4v) is 4.07. The van der Waals surface area contributed by atoms with E-state index in [0.29, 0.717) is 37.1 Å². The molecule has 2 aliphatic rings. The van der Waals surface area contributed by atoms with Crippen molar-refractivity contribution in [2.75, 3.05) is 18.5 Å². The van der Waals surface area contributed by atoms with Crippen molar-refractivity contribution in [3.8, 4) is 11.5 Å². The SMILES string of the molecule is CCCOc1ccc(C2C3=C(CC(C)(C)CC3=O)Nc3nnnn32)cc1OCC. The third-order valence-electron chi connectivity index (χ3n) is 5.24. The molecule has 1 atom stereocenters. The predicted molar refractivity (Wildman–Crippen MR) is 108 cm³/mol. The first-order valence-corrected chi connectivity index (χ1v) is 10.1. The van der Waals surface area contributed by atoms with Gasteiger partial charge in [0.15, 0.2) is 17.3 Å². The molecule has 2 aromatic rings. The monoisotopic (exact) mass is 397 g/mol. The number of carbonyl (C=O) groups is 1. The zero-order valence-electron chi connectivity index (χ0n) is 17.4. The van der Waals surface area contributed by atoms with Gasteiger partial charge in [0.05, 0.1) is 13.2 Å². The first-order chi connectivity index (χ1) is 13.9. The highest BCUT2D eigenvalue weighted by atomic mass is 16.5. The van der Waals surface area contributed by atoms with Crippen molar-refractivity contribution in [2.24, 2.45) is 5.41 Å². The zero-order chi connectivity index (χ0) is 20.6. The number of ether oxygens (including phenoxy) is 2. The minimum Gasteiger partial charge on any atom is -0.490 e. The summed E-state index contributed by atoms with van der Waals surface area (Å²) in [5.74, 6) is 2.04. The highest BCUT2D eigenvalue weighted by molar-refractivity contribution is 6.00. The Balaban J connectivity index is 1.81. The number of tetrazole rings is 1. The van der Waals surface area contributed by atoms with Crippen molar-refractivity contribution in [3.05, 3.63) is 35.0 Å². The number of nitrogens with zero attached hydrogens (tertiary/aromatic N) is 4. The Labute approximate surface area is 170 Å². The van der Waals surface area contributed by atoms with E-state index in [-0.39, 0.29) is 17.2 Å². The average molecular weight is 397 g/mol. The number of ketones is 1. The van der Waals surface area contributed by atoms with Crippen LogP contribution in [0.25, 0.3) is 0 Å². The van der Waals surface area contributed by atoms with Crippen LogP contribution in [-0.2, 0) is 4.79 Å². The number of fused-ring (bicyclic) bond motifs is 1. The van der Waals surface area contributed by atoms with Gasteiger partial charge in [0.2, 0.25) is 5.95 Å². The zero-order valence-corrected chi connectivity index (χ0v) is 17.4. The first-order valence-electron chi connectivity index (χ1n) is 10.1. The molecule has 1 unspecified atom stereocenters.